The monoisotopic (exact) mass is 248 g/mol. The lowest BCUT2D eigenvalue weighted by molar-refractivity contribution is 0.177. The Bertz CT molecular complexity index is 367. The molecule has 1 nitrogen and oxygen atoms in total. The van der Waals surface area contributed by atoms with E-state index in [2.05, 4.69) is 0 Å². The van der Waals surface area contributed by atoms with Crippen LogP contribution in [-0.2, 0) is 5.75 Å². The molecular formula is C10H10Cl2OS. The predicted molar refractivity (Wildman–Crippen MR) is 62.2 cm³/mol. The van der Waals surface area contributed by atoms with Gasteiger partial charge in [0.25, 0.3) is 0 Å². The first-order valence-electron chi connectivity index (χ1n) is 4.37. The van der Waals surface area contributed by atoms with Crippen LogP contribution in [0.4, 0.5) is 0 Å². The zero-order chi connectivity index (χ0) is 10.3. The molecule has 0 spiro atoms. The molecule has 0 saturated heterocycles. The number of thioether (sulfide) groups is 1. The highest BCUT2D eigenvalue weighted by Gasteiger charge is 2.28. The summed E-state index contributed by atoms with van der Waals surface area (Å²) in [6, 6.07) is 3.53. The number of rotatable bonds is 0. The Morgan fingerprint density at radius 3 is 2.71 bits per heavy atom. The average molecular weight is 249 g/mol. The number of fused-ring (bicyclic) bond motifs is 1. The van der Waals surface area contributed by atoms with Gasteiger partial charge in [-0.2, -0.15) is 11.8 Å². The molecule has 14 heavy (non-hydrogen) atoms. The first-order valence-corrected chi connectivity index (χ1v) is 6.18. The molecular weight excluding hydrogens is 239 g/mol. The second kappa shape index (κ2) is 3.93. The second-order valence-electron chi connectivity index (χ2n) is 3.38. The van der Waals surface area contributed by atoms with Crippen LogP contribution in [0.5, 0.6) is 0 Å². The van der Waals surface area contributed by atoms with Gasteiger partial charge in [-0.25, -0.2) is 0 Å². The molecule has 1 heterocycles. The van der Waals surface area contributed by atoms with Gasteiger partial charge in [0, 0.05) is 26.6 Å². The minimum Gasteiger partial charge on any atom is -0.387 e. The number of halogens is 2. The quantitative estimate of drug-likeness (QED) is 0.757. The fraction of sp³-hybridized carbons (Fsp3) is 0.400. The Hall–Kier alpha value is 0.110. The topological polar surface area (TPSA) is 20.2 Å². The molecule has 0 saturated carbocycles. The summed E-state index contributed by atoms with van der Waals surface area (Å²) in [4.78, 5) is 0. The Balaban J connectivity index is 2.58. The molecule has 0 amide bonds. The van der Waals surface area contributed by atoms with E-state index >= 15 is 0 Å². The van der Waals surface area contributed by atoms with E-state index in [0.717, 1.165) is 16.9 Å². The third-order valence-corrected chi connectivity index (χ3v) is 4.40. The summed E-state index contributed by atoms with van der Waals surface area (Å²) in [6.45, 7) is 2.00. The maximum atomic E-state index is 9.97. The van der Waals surface area contributed by atoms with Crippen LogP contribution in [0.15, 0.2) is 12.1 Å². The van der Waals surface area contributed by atoms with E-state index in [9.17, 15) is 5.11 Å². The van der Waals surface area contributed by atoms with E-state index in [0.29, 0.717) is 10.0 Å². The van der Waals surface area contributed by atoms with Crippen LogP contribution in [0.2, 0.25) is 10.0 Å². The lowest BCUT2D eigenvalue weighted by Crippen LogP contribution is -2.18. The predicted octanol–water partition coefficient (Wildman–Crippen LogP) is 3.66. The molecule has 1 aliphatic rings. The van der Waals surface area contributed by atoms with Crippen molar-refractivity contribution in [2.24, 2.45) is 0 Å². The third-order valence-electron chi connectivity index (χ3n) is 2.48. The molecule has 1 aliphatic heterocycles. The first-order chi connectivity index (χ1) is 6.61. The largest absolute Gasteiger partial charge is 0.387 e. The fourth-order valence-electron chi connectivity index (χ4n) is 1.62. The van der Waals surface area contributed by atoms with Gasteiger partial charge in [0.1, 0.15) is 0 Å². The van der Waals surface area contributed by atoms with Gasteiger partial charge in [-0.3, -0.25) is 0 Å². The standard InChI is InChI=1S/C10H10Cl2OS/c1-5-10(13)9-6(4-14-5)7(11)2-3-8(9)12/h2-3,5,10,13H,4H2,1H3. The molecule has 1 N–H and O–H groups in total. The summed E-state index contributed by atoms with van der Waals surface area (Å²) in [5.41, 5.74) is 1.79. The van der Waals surface area contributed by atoms with Crippen LogP contribution in [0.1, 0.15) is 24.2 Å². The highest BCUT2D eigenvalue weighted by molar-refractivity contribution is 7.99. The Kier molecular flexibility index (Phi) is 2.98. The summed E-state index contributed by atoms with van der Waals surface area (Å²) in [5.74, 6) is 0.826. The van der Waals surface area contributed by atoms with E-state index in [1.165, 1.54) is 0 Å². The number of hydrogen-bond acceptors (Lipinski definition) is 2. The summed E-state index contributed by atoms with van der Waals surface area (Å²) in [6.07, 6.45) is -0.505. The van der Waals surface area contributed by atoms with E-state index in [1.807, 2.05) is 6.92 Å². The van der Waals surface area contributed by atoms with Crippen molar-refractivity contribution >= 4 is 35.0 Å². The van der Waals surface area contributed by atoms with Gasteiger partial charge in [0.2, 0.25) is 0 Å². The molecule has 2 unspecified atom stereocenters. The molecule has 0 aliphatic carbocycles. The van der Waals surface area contributed by atoms with Crippen molar-refractivity contribution in [1.82, 2.24) is 0 Å². The molecule has 0 bridgehead atoms. The van der Waals surface area contributed by atoms with Gasteiger partial charge < -0.3 is 5.11 Å². The van der Waals surface area contributed by atoms with Gasteiger partial charge in [-0.1, -0.05) is 30.1 Å². The average Bonchev–Trinajstić information content (AvgIpc) is 2.16. The minimum atomic E-state index is -0.505. The van der Waals surface area contributed by atoms with E-state index < -0.39 is 6.10 Å². The number of hydrogen-bond donors (Lipinski definition) is 1. The first kappa shape index (κ1) is 10.6. The number of benzene rings is 1. The molecule has 2 atom stereocenters. The SMILES string of the molecule is CC1SCc2c(Cl)ccc(Cl)c2C1O. The van der Waals surface area contributed by atoms with Crippen molar-refractivity contribution in [2.45, 2.75) is 24.0 Å². The molecule has 2 rings (SSSR count). The summed E-state index contributed by atoms with van der Waals surface area (Å²) >= 11 is 13.8. The van der Waals surface area contributed by atoms with Gasteiger partial charge in [0.15, 0.2) is 0 Å². The zero-order valence-corrected chi connectivity index (χ0v) is 9.96. The highest BCUT2D eigenvalue weighted by Crippen LogP contribution is 2.43. The van der Waals surface area contributed by atoms with Crippen molar-refractivity contribution in [3.8, 4) is 0 Å². The highest BCUT2D eigenvalue weighted by atomic mass is 35.5. The van der Waals surface area contributed by atoms with Crippen LogP contribution in [0.3, 0.4) is 0 Å². The van der Waals surface area contributed by atoms with Crippen LogP contribution < -0.4 is 0 Å². The van der Waals surface area contributed by atoms with Crippen molar-refractivity contribution < 1.29 is 5.11 Å². The van der Waals surface area contributed by atoms with Gasteiger partial charge >= 0.3 is 0 Å². The van der Waals surface area contributed by atoms with Gasteiger partial charge in [-0.15, -0.1) is 0 Å². The van der Waals surface area contributed by atoms with Crippen molar-refractivity contribution in [1.29, 1.82) is 0 Å². The maximum absolute atomic E-state index is 9.97. The molecule has 0 aromatic heterocycles. The van der Waals surface area contributed by atoms with Crippen molar-refractivity contribution in [3.63, 3.8) is 0 Å². The Morgan fingerprint density at radius 1 is 1.36 bits per heavy atom. The van der Waals surface area contributed by atoms with Crippen LogP contribution >= 0.6 is 35.0 Å². The van der Waals surface area contributed by atoms with Crippen LogP contribution in [0, 0.1) is 0 Å². The van der Waals surface area contributed by atoms with E-state index in [-0.39, 0.29) is 5.25 Å². The molecule has 0 fully saturated rings. The summed E-state index contributed by atoms with van der Waals surface area (Å²) < 4.78 is 0. The molecule has 1 aromatic carbocycles. The van der Waals surface area contributed by atoms with Crippen LogP contribution in [-0.4, -0.2) is 10.4 Å². The maximum Gasteiger partial charge on any atom is 0.0923 e. The lowest BCUT2D eigenvalue weighted by Gasteiger charge is -2.28. The molecule has 1 aromatic rings. The third kappa shape index (κ3) is 1.65. The number of aliphatic hydroxyl groups is 1. The minimum absolute atomic E-state index is 0.179. The van der Waals surface area contributed by atoms with Crippen LogP contribution in [0.25, 0.3) is 0 Å². The molecule has 0 radical (unpaired) electrons. The Labute approximate surface area is 97.4 Å². The van der Waals surface area contributed by atoms with Crippen molar-refractivity contribution in [3.05, 3.63) is 33.3 Å². The lowest BCUT2D eigenvalue weighted by atomic mass is 10.0. The summed E-state index contributed by atoms with van der Waals surface area (Å²) in [5, 5.41) is 11.5. The van der Waals surface area contributed by atoms with Gasteiger partial charge in [-0.05, 0) is 17.7 Å². The smallest absolute Gasteiger partial charge is 0.0923 e. The number of aliphatic hydroxyl groups excluding tert-OH is 1. The molecule has 4 heteroatoms. The zero-order valence-electron chi connectivity index (χ0n) is 7.63. The van der Waals surface area contributed by atoms with E-state index in [1.54, 1.807) is 23.9 Å². The van der Waals surface area contributed by atoms with E-state index in [4.69, 9.17) is 23.2 Å². The van der Waals surface area contributed by atoms with Gasteiger partial charge in [0.05, 0.1) is 6.10 Å². The van der Waals surface area contributed by atoms with Crippen molar-refractivity contribution in [2.75, 3.05) is 0 Å². The fourth-order valence-corrected chi connectivity index (χ4v) is 3.28. The Morgan fingerprint density at radius 2 is 2.00 bits per heavy atom. The summed E-state index contributed by atoms with van der Waals surface area (Å²) in [7, 11) is 0. The normalized spacial score (nSPS) is 26.0. The second-order valence-corrected chi connectivity index (χ2v) is 5.56. The molecule has 76 valence electrons.